The van der Waals surface area contributed by atoms with Gasteiger partial charge in [-0.3, -0.25) is 4.99 Å². The molecule has 19 heavy (non-hydrogen) atoms. The van der Waals surface area contributed by atoms with Crippen molar-refractivity contribution in [3.8, 4) is 0 Å². The molecular formula is C16H14N2S. The highest BCUT2D eigenvalue weighted by Gasteiger charge is 2.13. The summed E-state index contributed by atoms with van der Waals surface area (Å²) in [5.41, 5.74) is 4.16. The predicted octanol–water partition coefficient (Wildman–Crippen LogP) is 4.60. The molecule has 2 aromatic rings. The van der Waals surface area contributed by atoms with Gasteiger partial charge in [0.25, 0.3) is 0 Å². The highest BCUT2D eigenvalue weighted by atomic mass is 32.2. The molecule has 3 rings (SSSR count). The first kappa shape index (κ1) is 12.2. The van der Waals surface area contributed by atoms with E-state index in [0.29, 0.717) is 0 Å². The number of hydrogen-bond acceptors (Lipinski definition) is 3. The van der Waals surface area contributed by atoms with E-state index < -0.39 is 0 Å². The van der Waals surface area contributed by atoms with Crippen LogP contribution in [0, 0.1) is 0 Å². The van der Waals surface area contributed by atoms with Gasteiger partial charge >= 0.3 is 0 Å². The second-order valence-corrected chi connectivity index (χ2v) is 5.18. The molecule has 0 aromatic heterocycles. The molecule has 0 radical (unpaired) electrons. The molecule has 1 aliphatic heterocycles. The smallest absolute Gasteiger partial charge is 0.0896 e. The molecule has 0 amide bonds. The maximum absolute atomic E-state index is 4.80. The van der Waals surface area contributed by atoms with Gasteiger partial charge in [0.1, 0.15) is 0 Å². The minimum absolute atomic E-state index is 0.792. The van der Waals surface area contributed by atoms with Gasteiger partial charge in [-0.2, -0.15) is 0 Å². The molecule has 0 fully saturated rings. The Balaban J connectivity index is 2.13. The Morgan fingerprint density at radius 2 is 1.47 bits per heavy atom. The zero-order chi connectivity index (χ0) is 13.1. The molecule has 94 valence electrons. The normalized spacial score (nSPS) is 14.2. The van der Waals surface area contributed by atoms with Crippen LogP contribution in [0.1, 0.15) is 12.0 Å². The molecule has 0 saturated heterocycles. The summed E-state index contributed by atoms with van der Waals surface area (Å²) in [5.74, 6) is 0. The van der Waals surface area contributed by atoms with Crippen LogP contribution < -0.4 is 0 Å². The van der Waals surface area contributed by atoms with Crippen LogP contribution in [-0.4, -0.2) is 17.0 Å². The number of para-hydroxylation sites is 2. The molecular weight excluding hydrogens is 252 g/mol. The Morgan fingerprint density at radius 3 is 2.16 bits per heavy atom. The van der Waals surface area contributed by atoms with E-state index in [1.54, 1.807) is 11.8 Å². The van der Waals surface area contributed by atoms with Gasteiger partial charge in [-0.05, 0) is 24.0 Å². The summed E-state index contributed by atoms with van der Waals surface area (Å²) in [5, 5.41) is 1.10. The molecule has 0 aliphatic carbocycles. The summed E-state index contributed by atoms with van der Waals surface area (Å²) in [4.78, 5) is 9.49. The summed E-state index contributed by atoms with van der Waals surface area (Å²) >= 11 is 1.69. The van der Waals surface area contributed by atoms with Gasteiger partial charge in [-0.15, -0.1) is 11.8 Å². The lowest BCUT2D eigenvalue weighted by Crippen LogP contribution is -2.05. The standard InChI is InChI=1S/C16H14N2S/c1-19-16-11-15(12-7-3-2-4-8-12)17-13-9-5-6-10-14(13)18-16/h2-10H,11H2,1H3. The van der Waals surface area contributed by atoms with Crippen molar-refractivity contribution < 1.29 is 0 Å². The van der Waals surface area contributed by atoms with Crippen LogP contribution in [0.2, 0.25) is 0 Å². The molecule has 2 nitrogen and oxygen atoms in total. The molecule has 0 saturated carbocycles. The third-order valence-electron chi connectivity index (χ3n) is 3.04. The van der Waals surface area contributed by atoms with Gasteiger partial charge in [0.05, 0.1) is 22.1 Å². The topological polar surface area (TPSA) is 24.7 Å². The van der Waals surface area contributed by atoms with Crippen molar-refractivity contribution in [2.24, 2.45) is 9.98 Å². The summed E-state index contributed by atoms with van der Waals surface area (Å²) in [7, 11) is 0. The van der Waals surface area contributed by atoms with Crippen LogP contribution in [0.25, 0.3) is 0 Å². The van der Waals surface area contributed by atoms with E-state index in [4.69, 9.17) is 9.98 Å². The first-order valence-electron chi connectivity index (χ1n) is 6.20. The molecule has 0 bridgehead atoms. The Labute approximate surface area is 117 Å². The fourth-order valence-corrected chi connectivity index (χ4v) is 2.54. The first-order chi connectivity index (χ1) is 9.36. The van der Waals surface area contributed by atoms with Gasteiger partial charge in [0.15, 0.2) is 0 Å². The van der Waals surface area contributed by atoms with Crippen LogP contribution in [0.4, 0.5) is 11.4 Å². The van der Waals surface area contributed by atoms with E-state index in [-0.39, 0.29) is 0 Å². The van der Waals surface area contributed by atoms with Crippen LogP contribution in [0.5, 0.6) is 0 Å². The third-order valence-corrected chi connectivity index (χ3v) is 3.75. The fourth-order valence-electron chi connectivity index (χ4n) is 2.07. The molecule has 1 heterocycles. The highest BCUT2D eigenvalue weighted by Crippen LogP contribution is 2.32. The Bertz CT molecular complexity index is 645. The summed E-state index contributed by atoms with van der Waals surface area (Å²) < 4.78 is 0. The van der Waals surface area contributed by atoms with Crippen molar-refractivity contribution in [2.75, 3.05) is 6.26 Å². The number of aliphatic imine (C=N–C) groups is 2. The van der Waals surface area contributed by atoms with Crippen LogP contribution >= 0.6 is 11.8 Å². The highest BCUT2D eigenvalue weighted by molar-refractivity contribution is 8.13. The van der Waals surface area contributed by atoms with Gasteiger partial charge in [0.2, 0.25) is 0 Å². The quantitative estimate of drug-likeness (QED) is 0.740. The molecule has 2 aromatic carbocycles. The Hall–Kier alpha value is -1.87. The molecule has 0 N–H and O–H groups in total. The zero-order valence-corrected chi connectivity index (χ0v) is 11.5. The minimum atomic E-state index is 0.792. The van der Waals surface area contributed by atoms with Crippen molar-refractivity contribution >= 4 is 33.9 Å². The lowest BCUT2D eigenvalue weighted by Gasteiger charge is -2.05. The van der Waals surface area contributed by atoms with E-state index in [1.165, 1.54) is 5.56 Å². The van der Waals surface area contributed by atoms with Crippen molar-refractivity contribution in [3.63, 3.8) is 0 Å². The largest absolute Gasteiger partial charge is 0.250 e. The van der Waals surface area contributed by atoms with Gasteiger partial charge in [0, 0.05) is 6.42 Å². The second kappa shape index (κ2) is 5.41. The van der Waals surface area contributed by atoms with Crippen LogP contribution in [0.15, 0.2) is 64.6 Å². The number of benzene rings is 2. The lowest BCUT2D eigenvalue weighted by atomic mass is 10.1. The minimum Gasteiger partial charge on any atom is -0.250 e. The van der Waals surface area contributed by atoms with Crippen molar-refractivity contribution in [1.29, 1.82) is 0 Å². The summed E-state index contributed by atoms with van der Waals surface area (Å²) in [6, 6.07) is 18.4. The van der Waals surface area contributed by atoms with E-state index in [9.17, 15) is 0 Å². The van der Waals surface area contributed by atoms with E-state index in [2.05, 4.69) is 18.4 Å². The monoisotopic (exact) mass is 266 g/mol. The third kappa shape index (κ3) is 2.61. The summed E-state index contributed by atoms with van der Waals surface area (Å²) in [6.07, 6.45) is 2.86. The Morgan fingerprint density at radius 1 is 0.842 bits per heavy atom. The number of fused-ring (bicyclic) bond motifs is 1. The first-order valence-corrected chi connectivity index (χ1v) is 7.43. The average molecular weight is 266 g/mol. The SMILES string of the molecule is CSC1=Nc2ccccc2N=C(c2ccccc2)C1. The molecule has 0 spiro atoms. The Kier molecular flexibility index (Phi) is 3.47. The maximum atomic E-state index is 4.80. The van der Waals surface area contributed by atoms with E-state index in [0.717, 1.165) is 28.6 Å². The lowest BCUT2D eigenvalue weighted by molar-refractivity contribution is 1.45. The molecule has 0 atom stereocenters. The van der Waals surface area contributed by atoms with Gasteiger partial charge in [-0.1, -0.05) is 42.5 Å². The fraction of sp³-hybridized carbons (Fsp3) is 0.125. The maximum Gasteiger partial charge on any atom is 0.0896 e. The number of rotatable bonds is 1. The van der Waals surface area contributed by atoms with Crippen molar-refractivity contribution in [3.05, 3.63) is 60.2 Å². The average Bonchev–Trinajstić information content (AvgIpc) is 2.67. The molecule has 3 heteroatoms. The van der Waals surface area contributed by atoms with E-state index >= 15 is 0 Å². The van der Waals surface area contributed by atoms with Crippen molar-refractivity contribution in [2.45, 2.75) is 6.42 Å². The number of hydrogen-bond donors (Lipinski definition) is 0. The van der Waals surface area contributed by atoms with E-state index in [1.807, 2.05) is 42.5 Å². The molecule has 1 aliphatic rings. The van der Waals surface area contributed by atoms with Crippen LogP contribution in [-0.2, 0) is 0 Å². The number of nitrogens with zero attached hydrogens (tertiary/aromatic N) is 2. The van der Waals surface area contributed by atoms with Crippen LogP contribution in [0.3, 0.4) is 0 Å². The van der Waals surface area contributed by atoms with Crippen molar-refractivity contribution in [1.82, 2.24) is 0 Å². The molecule has 0 unspecified atom stereocenters. The van der Waals surface area contributed by atoms with Gasteiger partial charge < -0.3 is 0 Å². The summed E-state index contributed by atoms with van der Waals surface area (Å²) in [6.45, 7) is 0. The second-order valence-electron chi connectivity index (χ2n) is 4.30. The van der Waals surface area contributed by atoms with Gasteiger partial charge in [-0.25, -0.2) is 4.99 Å². The zero-order valence-electron chi connectivity index (χ0n) is 10.7. The predicted molar refractivity (Wildman–Crippen MR) is 84.3 cm³/mol. The number of thioether (sulfide) groups is 1.